The van der Waals surface area contributed by atoms with E-state index in [1.54, 1.807) is 0 Å². The van der Waals surface area contributed by atoms with E-state index in [-0.39, 0.29) is 5.78 Å². The first-order valence-corrected chi connectivity index (χ1v) is 8.34. The Hall–Kier alpha value is -1.19. The average molecular weight is 286 g/mol. The first-order chi connectivity index (χ1) is 10.3. The van der Waals surface area contributed by atoms with Gasteiger partial charge in [-0.25, -0.2) is 0 Å². The van der Waals surface area contributed by atoms with E-state index in [1.807, 2.05) is 30.3 Å². The first-order valence-electron chi connectivity index (χ1n) is 8.34. The Balaban J connectivity index is 1.32. The summed E-state index contributed by atoms with van der Waals surface area (Å²) in [7, 11) is 0. The quantitative estimate of drug-likeness (QED) is 0.720. The number of Topliss-reactive ketones (excluding diaryl/α,β-unsaturated/α-hetero) is 1. The van der Waals surface area contributed by atoms with Gasteiger partial charge in [-0.2, -0.15) is 0 Å². The molecule has 3 heteroatoms. The van der Waals surface area contributed by atoms with Crippen molar-refractivity contribution in [3.8, 4) is 0 Å². The predicted molar refractivity (Wildman–Crippen MR) is 85.6 cm³/mol. The van der Waals surface area contributed by atoms with Gasteiger partial charge in [-0.3, -0.25) is 4.79 Å². The van der Waals surface area contributed by atoms with Crippen molar-refractivity contribution in [1.82, 2.24) is 9.80 Å². The number of nitrogens with zero attached hydrogens (tertiary/aromatic N) is 2. The maximum atomic E-state index is 12.0. The Bertz CT molecular complexity index is 448. The fourth-order valence-electron chi connectivity index (χ4n) is 3.09. The zero-order valence-electron chi connectivity index (χ0n) is 12.8. The lowest BCUT2D eigenvalue weighted by molar-refractivity contribution is 0.0960. The van der Waals surface area contributed by atoms with Crippen molar-refractivity contribution in [3.63, 3.8) is 0 Å². The van der Waals surface area contributed by atoms with Gasteiger partial charge in [0.1, 0.15) is 0 Å². The monoisotopic (exact) mass is 286 g/mol. The molecule has 1 aromatic carbocycles. The van der Waals surface area contributed by atoms with Crippen molar-refractivity contribution in [2.45, 2.75) is 25.7 Å². The molecule has 1 heterocycles. The van der Waals surface area contributed by atoms with Crippen molar-refractivity contribution in [2.24, 2.45) is 5.92 Å². The molecule has 0 unspecified atom stereocenters. The third-order valence-corrected chi connectivity index (χ3v) is 4.65. The number of hydrogen-bond acceptors (Lipinski definition) is 3. The van der Waals surface area contributed by atoms with Crippen LogP contribution in [-0.4, -0.2) is 54.9 Å². The molecule has 0 amide bonds. The molecule has 114 valence electrons. The highest BCUT2D eigenvalue weighted by Crippen LogP contribution is 2.29. The molecular formula is C18H26N2O. The van der Waals surface area contributed by atoms with Gasteiger partial charge in [0.2, 0.25) is 0 Å². The number of carbonyl (C=O) groups is 1. The summed E-state index contributed by atoms with van der Waals surface area (Å²) >= 11 is 0. The second-order valence-electron chi connectivity index (χ2n) is 6.48. The number of benzene rings is 1. The molecule has 1 saturated heterocycles. The standard InChI is InChI=1S/C18H26N2O/c21-18(17-5-2-1-3-6-17)7-4-10-19-11-13-20(14-12-19)15-16-8-9-16/h1-3,5-6,16H,4,7-15H2. The molecule has 0 radical (unpaired) electrons. The highest BCUT2D eigenvalue weighted by atomic mass is 16.1. The summed E-state index contributed by atoms with van der Waals surface area (Å²) in [6, 6.07) is 9.66. The van der Waals surface area contributed by atoms with Gasteiger partial charge < -0.3 is 9.80 Å². The van der Waals surface area contributed by atoms with Crippen LogP contribution in [0.15, 0.2) is 30.3 Å². The summed E-state index contributed by atoms with van der Waals surface area (Å²) in [5, 5.41) is 0. The Labute approximate surface area is 127 Å². The second kappa shape index (κ2) is 7.19. The van der Waals surface area contributed by atoms with Crippen LogP contribution in [0.3, 0.4) is 0 Å². The average Bonchev–Trinajstić information content (AvgIpc) is 3.34. The molecule has 0 atom stereocenters. The van der Waals surface area contributed by atoms with Crippen molar-refractivity contribution in [3.05, 3.63) is 35.9 Å². The molecule has 1 aliphatic carbocycles. The van der Waals surface area contributed by atoms with E-state index in [4.69, 9.17) is 0 Å². The number of ketones is 1. The summed E-state index contributed by atoms with van der Waals surface area (Å²) in [6.07, 6.45) is 4.55. The Morgan fingerprint density at radius 1 is 1.00 bits per heavy atom. The summed E-state index contributed by atoms with van der Waals surface area (Å²) in [6.45, 7) is 7.15. The molecule has 2 fully saturated rings. The zero-order chi connectivity index (χ0) is 14.5. The molecule has 1 saturated carbocycles. The van der Waals surface area contributed by atoms with E-state index in [0.717, 1.165) is 24.4 Å². The molecule has 0 aromatic heterocycles. The number of rotatable bonds is 7. The van der Waals surface area contributed by atoms with Crippen molar-refractivity contribution in [1.29, 1.82) is 0 Å². The SMILES string of the molecule is O=C(CCCN1CCN(CC2CC2)CC1)c1ccccc1. The van der Waals surface area contributed by atoms with Gasteiger partial charge in [-0.1, -0.05) is 30.3 Å². The highest BCUT2D eigenvalue weighted by molar-refractivity contribution is 5.95. The summed E-state index contributed by atoms with van der Waals surface area (Å²) < 4.78 is 0. The normalized spacial score (nSPS) is 20.6. The lowest BCUT2D eigenvalue weighted by Crippen LogP contribution is -2.47. The number of hydrogen-bond donors (Lipinski definition) is 0. The Morgan fingerprint density at radius 2 is 1.67 bits per heavy atom. The molecular weight excluding hydrogens is 260 g/mol. The van der Waals surface area contributed by atoms with E-state index in [2.05, 4.69) is 9.80 Å². The maximum Gasteiger partial charge on any atom is 0.162 e. The molecule has 1 aliphatic heterocycles. The molecule has 3 nitrogen and oxygen atoms in total. The largest absolute Gasteiger partial charge is 0.301 e. The lowest BCUT2D eigenvalue weighted by Gasteiger charge is -2.34. The van der Waals surface area contributed by atoms with Crippen LogP contribution in [-0.2, 0) is 0 Å². The fraction of sp³-hybridized carbons (Fsp3) is 0.611. The van der Waals surface area contributed by atoms with Crippen LogP contribution in [0, 0.1) is 5.92 Å². The molecule has 21 heavy (non-hydrogen) atoms. The third kappa shape index (κ3) is 4.65. The molecule has 3 rings (SSSR count). The minimum atomic E-state index is 0.281. The van der Waals surface area contributed by atoms with Crippen molar-refractivity contribution >= 4 is 5.78 Å². The van der Waals surface area contributed by atoms with Gasteiger partial charge in [-0.15, -0.1) is 0 Å². The molecule has 0 N–H and O–H groups in total. The molecule has 0 bridgehead atoms. The van der Waals surface area contributed by atoms with E-state index < -0.39 is 0 Å². The zero-order valence-corrected chi connectivity index (χ0v) is 12.8. The van der Waals surface area contributed by atoms with Crippen LogP contribution in [0.25, 0.3) is 0 Å². The van der Waals surface area contributed by atoms with Crippen LogP contribution in [0.1, 0.15) is 36.0 Å². The van der Waals surface area contributed by atoms with Gasteiger partial charge >= 0.3 is 0 Å². The van der Waals surface area contributed by atoms with Gasteiger partial charge in [0.15, 0.2) is 5.78 Å². The second-order valence-corrected chi connectivity index (χ2v) is 6.48. The van der Waals surface area contributed by atoms with Gasteiger partial charge in [0.05, 0.1) is 0 Å². The minimum Gasteiger partial charge on any atom is -0.301 e. The van der Waals surface area contributed by atoms with Crippen molar-refractivity contribution in [2.75, 3.05) is 39.3 Å². The Kier molecular flexibility index (Phi) is 5.04. The van der Waals surface area contributed by atoms with E-state index >= 15 is 0 Å². The van der Waals surface area contributed by atoms with E-state index in [0.29, 0.717) is 6.42 Å². The maximum absolute atomic E-state index is 12.0. The predicted octanol–water partition coefficient (Wildman–Crippen LogP) is 2.68. The van der Waals surface area contributed by atoms with E-state index in [9.17, 15) is 4.79 Å². The molecule has 1 aromatic rings. The third-order valence-electron chi connectivity index (χ3n) is 4.65. The van der Waals surface area contributed by atoms with Crippen molar-refractivity contribution < 1.29 is 4.79 Å². The topological polar surface area (TPSA) is 23.6 Å². The number of carbonyl (C=O) groups excluding carboxylic acids is 1. The first kappa shape index (κ1) is 14.7. The van der Waals surface area contributed by atoms with Crippen LogP contribution in [0.5, 0.6) is 0 Å². The number of piperazine rings is 1. The summed E-state index contributed by atoms with van der Waals surface area (Å²) in [5.41, 5.74) is 0.853. The van der Waals surface area contributed by atoms with Crippen LogP contribution in [0.4, 0.5) is 0 Å². The fourth-order valence-corrected chi connectivity index (χ4v) is 3.09. The van der Waals surface area contributed by atoms with Crippen LogP contribution < -0.4 is 0 Å². The highest BCUT2D eigenvalue weighted by Gasteiger charge is 2.26. The van der Waals surface area contributed by atoms with E-state index in [1.165, 1.54) is 45.6 Å². The minimum absolute atomic E-state index is 0.281. The van der Waals surface area contributed by atoms with Gasteiger partial charge in [-0.05, 0) is 31.7 Å². The smallest absolute Gasteiger partial charge is 0.162 e. The Morgan fingerprint density at radius 3 is 2.33 bits per heavy atom. The van der Waals surface area contributed by atoms with Gasteiger partial charge in [0, 0.05) is 44.7 Å². The van der Waals surface area contributed by atoms with Crippen LogP contribution in [0.2, 0.25) is 0 Å². The lowest BCUT2D eigenvalue weighted by atomic mass is 10.1. The molecule has 0 spiro atoms. The summed E-state index contributed by atoms with van der Waals surface area (Å²) in [4.78, 5) is 17.2. The molecule has 2 aliphatic rings. The van der Waals surface area contributed by atoms with Crippen LogP contribution >= 0.6 is 0 Å². The summed E-state index contributed by atoms with van der Waals surface area (Å²) in [5.74, 6) is 1.28. The van der Waals surface area contributed by atoms with Gasteiger partial charge in [0.25, 0.3) is 0 Å².